The van der Waals surface area contributed by atoms with Crippen LogP contribution in [0.4, 0.5) is 5.82 Å². The summed E-state index contributed by atoms with van der Waals surface area (Å²) in [5.41, 5.74) is 5.21. The van der Waals surface area contributed by atoms with Crippen LogP contribution in [-0.4, -0.2) is 21.0 Å². The molecule has 0 radical (unpaired) electrons. The van der Waals surface area contributed by atoms with Gasteiger partial charge in [-0.2, -0.15) is 4.98 Å². The van der Waals surface area contributed by atoms with E-state index in [1.54, 1.807) is 0 Å². The third-order valence-corrected chi connectivity index (χ3v) is 1.37. The minimum atomic E-state index is -0.407. The van der Waals surface area contributed by atoms with Crippen LogP contribution in [0.5, 0.6) is 11.6 Å². The van der Waals surface area contributed by atoms with E-state index in [-0.39, 0.29) is 17.1 Å². The molecule has 0 aromatic carbocycles. The summed E-state index contributed by atoms with van der Waals surface area (Å²) in [5, 5.41) is 18.0. The molecule has 64 valence electrons. The zero-order chi connectivity index (χ0) is 9.30. The average molecular weight is 168 g/mol. The van der Waals surface area contributed by atoms with E-state index < -0.39 is 11.7 Å². The summed E-state index contributed by atoms with van der Waals surface area (Å²) in [5.74, 6) is -1.32. The first-order valence-corrected chi connectivity index (χ1v) is 3.21. The molecule has 1 rings (SSSR count). The van der Waals surface area contributed by atoms with Gasteiger partial charge in [0.25, 0.3) is 0 Å². The van der Waals surface area contributed by atoms with E-state index in [0.717, 1.165) is 6.07 Å². The molecule has 5 heteroatoms. The second-order valence-electron chi connectivity index (χ2n) is 2.32. The number of nitrogen functional groups attached to an aromatic ring is 1. The highest BCUT2D eigenvalue weighted by atomic mass is 16.3. The number of aromatic nitrogens is 1. The quantitative estimate of drug-likeness (QED) is 0.523. The molecule has 4 N–H and O–H groups in total. The fraction of sp³-hybridized carbons (Fsp3) is 0.143. The first-order chi connectivity index (χ1) is 5.52. The smallest absolute Gasteiger partial charge is 0.216 e. The van der Waals surface area contributed by atoms with Gasteiger partial charge in [-0.1, -0.05) is 0 Å². The minimum Gasteiger partial charge on any atom is -0.507 e. The average Bonchev–Trinajstić information content (AvgIpc) is 1.82. The van der Waals surface area contributed by atoms with Crippen molar-refractivity contribution < 1.29 is 15.0 Å². The Bertz CT molecular complexity index is 312. The predicted octanol–water partition coefficient (Wildman–Crippen LogP) is 0.278. The molecule has 0 atom stereocenters. The molecule has 0 aliphatic carbocycles. The van der Waals surface area contributed by atoms with E-state index in [4.69, 9.17) is 15.9 Å². The van der Waals surface area contributed by atoms with Crippen LogP contribution in [-0.2, 0) is 0 Å². The number of hydrogen-bond donors (Lipinski definition) is 3. The SMILES string of the molecule is CC(=O)c1c(O)cc(O)nc1N. The van der Waals surface area contributed by atoms with Gasteiger partial charge >= 0.3 is 0 Å². The van der Waals surface area contributed by atoms with E-state index in [1.165, 1.54) is 6.92 Å². The molecule has 0 bridgehead atoms. The van der Waals surface area contributed by atoms with Crippen molar-refractivity contribution in [3.63, 3.8) is 0 Å². The highest BCUT2D eigenvalue weighted by molar-refractivity contribution is 6.00. The number of pyridine rings is 1. The molecule has 5 nitrogen and oxygen atoms in total. The Hall–Kier alpha value is -1.78. The lowest BCUT2D eigenvalue weighted by Gasteiger charge is -2.03. The van der Waals surface area contributed by atoms with Crippen molar-refractivity contribution in [2.24, 2.45) is 0 Å². The lowest BCUT2D eigenvalue weighted by molar-refractivity contribution is 0.101. The zero-order valence-corrected chi connectivity index (χ0v) is 6.40. The molecule has 0 saturated heterocycles. The maximum absolute atomic E-state index is 10.8. The first-order valence-electron chi connectivity index (χ1n) is 3.21. The van der Waals surface area contributed by atoms with Crippen LogP contribution in [0, 0.1) is 0 Å². The number of carbonyl (C=O) groups is 1. The summed E-state index contributed by atoms with van der Waals surface area (Å²) in [4.78, 5) is 14.2. The number of aromatic hydroxyl groups is 2. The zero-order valence-electron chi connectivity index (χ0n) is 6.40. The number of ketones is 1. The standard InChI is InChI=1S/C7H8N2O3/c1-3(10)6-4(11)2-5(12)9-7(6)8/h2H,1H3,(H4,8,9,11,12). The summed E-state index contributed by atoms with van der Waals surface area (Å²) < 4.78 is 0. The maximum atomic E-state index is 10.8. The van der Waals surface area contributed by atoms with Crippen LogP contribution in [0.25, 0.3) is 0 Å². The maximum Gasteiger partial charge on any atom is 0.216 e. The predicted molar refractivity (Wildman–Crippen MR) is 42.0 cm³/mol. The van der Waals surface area contributed by atoms with Gasteiger partial charge in [-0.3, -0.25) is 4.79 Å². The third kappa shape index (κ3) is 1.29. The summed E-state index contributed by atoms with van der Waals surface area (Å²) in [7, 11) is 0. The second kappa shape index (κ2) is 2.69. The lowest BCUT2D eigenvalue weighted by Crippen LogP contribution is -2.02. The Balaban J connectivity index is 3.38. The number of Topliss-reactive ketones (excluding diaryl/α,β-unsaturated/α-hetero) is 1. The van der Waals surface area contributed by atoms with E-state index in [2.05, 4.69) is 4.98 Å². The molecular formula is C7H8N2O3. The molecule has 0 aliphatic heterocycles. The van der Waals surface area contributed by atoms with Gasteiger partial charge in [0.15, 0.2) is 5.78 Å². The Kier molecular flexibility index (Phi) is 1.86. The fourth-order valence-electron chi connectivity index (χ4n) is 0.898. The minimum absolute atomic E-state index is 0.0622. The van der Waals surface area contributed by atoms with Crippen LogP contribution >= 0.6 is 0 Å². The molecular weight excluding hydrogens is 160 g/mol. The van der Waals surface area contributed by atoms with Crippen molar-refractivity contribution in [2.45, 2.75) is 6.92 Å². The van der Waals surface area contributed by atoms with E-state index in [9.17, 15) is 4.79 Å². The Morgan fingerprint density at radius 3 is 2.58 bits per heavy atom. The van der Waals surface area contributed by atoms with Gasteiger partial charge in [-0.25, -0.2) is 0 Å². The third-order valence-electron chi connectivity index (χ3n) is 1.37. The number of carbonyl (C=O) groups excluding carboxylic acids is 1. The molecule has 0 unspecified atom stereocenters. The molecule has 0 aliphatic rings. The Labute approximate surface area is 68.5 Å². The molecule has 1 heterocycles. The topological polar surface area (TPSA) is 96.4 Å². The molecule has 1 aromatic heterocycles. The van der Waals surface area contributed by atoms with Crippen molar-refractivity contribution in [3.8, 4) is 11.6 Å². The summed E-state index contributed by atoms with van der Waals surface area (Å²) in [6.07, 6.45) is 0. The first kappa shape index (κ1) is 8.32. The van der Waals surface area contributed by atoms with Gasteiger partial charge in [-0.05, 0) is 6.92 Å². The molecule has 0 fully saturated rings. The van der Waals surface area contributed by atoms with Gasteiger partial charge < -0.3 is 15.9 Å². The van der Waals surface area contributed by atoms with Gasteiger partial charge in [0.1, 0.15) is 17.1 Å². The van der Waals surface area contributed by atoms with Crippen molar-refractivity contribution in [2.75, 3.05) is 5.73 Å². The molecule has 1 aromatic rings. The molecule has 0 amide bonds. The van der Waals surface area contributed by atoms with Crippen molar-refractivity contribution in [1.82, 2.24) is 4.98 Å². The highest BCUT2D eigenvalue weighted by Crippen LogP contribution is 2.25. The number of rotatable bonds is 1. The Morgan fingerprint density at radius 2 is 2.17 bits per heavy atom. The van der Waals surface area contributed by atoms with Crippen molar-refractivity contribution in [3.05, 3.63) is 11.6 Å². The largest absolute Gasteiger partial charge is 0.507 e. The van der Waals surface area contributed by atoms with Gasteiger partial charge in [0, 0.05) is 6.07 Å². The van der Waals surface area contributed by atoms with Crippen molar-refractivity contribution >= 4 is 11.6 Å². The fourth-order valence-corrected chi connectivity index (χ4v) is 0.898. The summed E-state index contributed by atoms with van der Waals surface area (Å²) in [6.45, 7) is 1.25. The number of nitrogens with zero attached hydrogens (tertiary/aromatic N) is 1. The van der Waals surface area contributed by atoms with Gasteiger partial charge in [0.2, 0.25) is 5.88 Å². The van der Waals surface area contributed by atoms with E-state index >= 15 is 0 Å². The number of anilines is 1. The van der Waals surface area contributed by atoms with Gasteiger partial charge in [-0.15, -0.1) is 0 Å². The molecule has 0 saturated carbocycles. The van der Waals surface area contributed by atoms with E-state index in [1.807, 2.05) is 0 Å². The monoisotopic (exact) mass is 168 g/mol. The van der Waals surface area contributed by atoms with Crippen LogP contribution in [0.3, 0.4) is 0 Å². The van der Waals surface area contributed by atoms with Crippen LogP contribution in [0.1, 0.15) is 17.3 Å². The lowest BCUT2D eigenvalue weighted by atomic mass is 10.1. The second-order valence-corrected chi connectivity index (χ2v) is 2.32. The normalized spacial score (nSPS) is 9.75. The van der Waals surface area contributed by atoms with Crippen LogP contribution in [0.15, 0.2) is 6.07 Å². The molecule has 0 spiro atoms. The number of hydrogen-bond acceptors (Lipinski definition) is 5. The van der Waals surface area contributed by atoms with E-state index in [0.29, 0.717) is 0 Å². The Morgan fingerprint density at radius 1 is 1.58 bits per heavy atom. The molecule has 12 heavy (non-hydrogen) atoms. The number of nitrogens with two attached hydrogens (primary N) is 1. The van der Waals surface area contributed by atoms with Gasteiger partial charge in [0.05, 0.1) is 0 Å². The van der Waals surface area contributed by atoms with Crippen LogP contribution < -0.4 is 5.73 Å². The van der Waals surface area contributed by atoms with Crippen LogP contribution in [0.2, 0.25) is 0 Å². The van der Waals surface area contributed by atoms with Crippen molar-refractivity contribution in [1.29, 1.82) is 0 Å². The summed E-state index contributed by atoms with van der Waals surface area (Å²) in [6, 6.07) is 0.965. The highest BCUT2D eigenvalue weighted by Gasteiger charge is 2.13. The summed E-state index contributed by atoms with van der Waals surface area (Å²) >= 11 is 0.